The van der Waals surface area contributed by atoms with Crippen LogP contribution in [0.25, 0.3) is 0 Å². The maximum Gasteiger partial charge on any atom is 0.142 e. The van der Waals surface area contributed by atoms with Crippen molar-refractivity contribution >= 4 is 5.78 Å². The topological polar surface area (TPSA) is 34.9 Å². The average molecular weight is 190 g/mol. The molecule has 2 aliphatic rings. The van der Waals surface area contributed by atoms with E-state index in [9.17, 15) is 4.79 Å². The first-order chi connectivity index (χ1) is 6.75. The van der Waals surface area contributed by atoms with Gasteiger partial charge in [0.05, 0.1) is 12.1 Å². The van der Waals surface area contributed by atoms with Crippen molar-refractivity contribution in [2.75, 3.05) is 0 Å². The highest BCUT2D eigenvalue weighted by Gasteiger charge is 2.31. The SMILES string of the molecule is Cc1c(C2CC2)nc2n1CCC(=O)C2. The van der Waals surface area contributed by atoms with Crippen LogP contribution in [-0.2, 0) is 17.8 Å². The Morgan fingerprint density at radius 3 is 2.93 bits per heavy atom. The van der Waals surface area contributed by atoms with Crippen molar-refractivity contribution in [3.05, 3.63) is 17.2 Å². The molecule has 0 radical (unpaired) electrons. The van der Waals surface area contributed by atoms with Crippen molar-refractivity contribution in [2.45, 2.75) is 45.1 Å². The second-order valence-electron chi connectivity index (χ2n) is 4.39. The van der Waals surface area contributed by atoms with Crippen LogP contribution >= 0.6 is 0 Å². The van der Waals surface area contributed by atoms with Crippen LogP contribution in [0.15, 0.2) is 0 Å². The van der Waals surface area contributed by atoms with Crippen molar-refractivity contribution in [3.63, 3.8) is 0 Å². The van der Waals surface area contributed by atoms with Gasteiger partial charge in [0.2, 0.25) is 0 Å². The molecule has 1 aliphatic heterocycles. The fourth-order valence-electron chi connectivity index (χ4n) is 2.29. The molecular weight excluding hydrogens is 176 g/mol. The van der Waals surface area contributed by atoms with Gasteiger partial charge in [0.15, 0.2) is 0 Å². The molecule has 0 saturated heterocycles. The van der Waals surface area contributed by atoms with Gasteiger partial charge in [0.1, 0.15) is 11.6 Å². The van der Waals surface area contributed by atoms with E-state index in [-0.39, 0.29) is 0 Å². The van der Waals surface area contributed by atoms with Crippen molar-refractivity contribution < 1.29 is 4.79 Å². The van der Waals surface area contributed by atoms with Crippen LogP contribution in [0, 0.1) is 6.92 Å². The highest BCUT2D eigenvalue weighted by Crippen LogP contribution is 2.41. The standard InChI is InChI=1S/C11H14N2O/c1-7-11(8-2-3-8)12-10-6-9(14)4-5-13(7)10/h8H,2-6H2,1H3. The number of carbonyl (C=O) groups is 1. The predicted molar refractivity (Wildman–Crippen MR) is 52.3 cm³/mol. The van der Waals surface area contributed by atoms with E-state index in [1.807, 2.05) is 0 Å². The minimum atomic E-state index is 0.338. The van der Waals surface area contributed by atoms with E-state index in [2.05, 4.69) is 16.5 Å². The van der Waals surface area contributed by atoms with E-state index in [4.69, 9.17) is 0 Å². The first-order valence-corrected chi connectivity index (χ1v) is 5.33. The van der Waals surface area contributed by atoms with Gasteiger partial charge in [0, 0.05) is 24.6 Å². The smallest absolute Gasteiger partial charge is 0.142 e. The van der Waals surface area contributed by atoms with Gasteiger partial charge in [-0.2, -0.15) is 0 Å². The summed E-state index contributed by atoms with van der Waals surface area (Å²) in [6, 6.07) is 0. The number of aromatic nitrogens is 2. The van der Waals surface area contributed by atoms with Gasteiger partial charge in [-0.25, -0.2) is 4.98 Å². The molecule has 0 N–H and O–H groups in total. The third-order valence-electron chi connectivity index (χ3n) is 3.27. The summed E-state index contributed by atoms with van der Waals surface area (Å²) in [7, 11) is 0. The minimum absolute atomic E-state index is 0.338. The van der Waals surface area contributed by atoms with Crippen LogP contribution < -0.4 is 0 Å². The van der Waals surface area contributed by atoms with Crippen LogP contribution in [0.5, 0.6) is 0 Å². The molecule has 1 aromatic rings. The van der Waals surface area contributed by atoms with Gasteiger partial charge in [-0.15, -0.1) is 0 Å². The number of hydrogen-bond acceptors (Lipinski definition) is 2. The molecule has 0 aromatic carbocycles. The zero-order chi connectivity index (χ0) is 9.71. The van der Waals surface area contributed by atoms with Crippen molar-refractivity contribution in [1.82, 2.24) is 9.55 Å². The van der Waals surface area contributed by atoms with Crippen molar-refractivity contribution in [1.29, 1.82) is 0 Å². The molecule has 3 nitrogen and oxygen atoms in total. The number of carbonyl (C=O) groups excluding carboxylic acids is 1. The molecular formula is C11H14N2O. The minimum Gasteiger partial charge on any atom is -0.331 e. The van der Waals surface area contributed by atoms with Crippen LogP contribution in [0.3, 0.4) is 0 Å². The molecule has 0 atom stereocenters. The highest BCUT2D eigenvalue weighted by atomic mass is 16.1. The summed E-state index contributed by atoms with van der Waals surface area (Å²) in [5.74, 6) is 2.04. The monoisotopic (exact) mass is 190 g/mol. The van der Waals surface area contributed by atoms with Crippen LogP contribution in [0.4, 0.5) is 0 Å². The van der Waals surface area contributed by atoms with E-state index in [0.717, 1.165) is 12.4 Å². The lowest BCUT2D eigenvalue weighted by molar-refractivity contribution is -0.119. The lowest BCUT2D eigenvalue weighted by Crippen LogP contribution is -2.19. The Labute approximate surface area is 83.1 Å². The first-order valence-electron chi connectivity index (χ1n) is 5.33. The second kappa shape index (κ2) is 2.69. The van der Waals surface area contributed by atoms with E-state index < -0.39 is 0 Å². The Morgan fingerprint density at radius 2 is 2.21 bits per heavy atom. The molecule has 2 heterocycles. The summed E-state index contributed by atoms with van der Waals surface area (Å²) in [5.41, 5.74) is 2.56. The Hall–Kier alpha value is -1.12. The lowest BCUT2D eigenvalue weighted by atomic mass is 10.1. The fourth-order valence-corrected chi connectivity index (χ4v) is 2.29. The Morgan fingerprint density at radius 1 is 1.43 bits per heavy atom. The first kappa shape index (κ1) is 8.21. The summed E-state index contributed by atoms with van der Waals surface area (Å²) in [6.07, 6.45) is 3.80. The zero-order valence-corrected chi connectivity index (χ0v) is 8.42. The molecule has 0 spiro atoms. The molecule has 3 heteroatoms. The Balaban J connectivity index is 2.05. The number of rotatable bonds is 1. The van der Waals surface area contributed by atoms with E-state index in [0.29, 0.717) is 24.5 Å². The normalized spacial score (nSPS) is 21.1. The maximum atomic E-state index is 11.3. The summed E-state index contributed by atoms with van der Waals surface area (Å²) in [4.78, 5) is 15.9. The zero-order valence-electron chi connectivity index (χ0n) is 8.42. The van der Waals surface area contributed by atoms with E-state index >= 15 is 0 Å². The molecule has 0 amide bonds. The van der Waals surface area contributed by atoms with Gasteiger partial charge in [-0.05, 0) is 19.8 Å². The number of nitrogens with zero attached hydrogens (tertiary/aromatic N) is 2. The van der Waals surface area contributed by atoms with E-state index in [1.165, 1.54) is 24.2 Å². The number of Topliss-reactive ketones (excluding diaryl/α,β-unsaturated/α-hetero) is 1. The maximum absolute atomic E-state index is 11.3. The summed E-state index contributed by atoms with van der Waals surface area (Å²) in [5, 5.41) is 0. The van der Waals surface area contributed by atoms with Gasteiger partial charge >= 0.3 is 0 Å². The lowest BCUT2D eigenvalue weighted by Gasteiger charge is -2.13. The second-order valence-corrected chi connectivity index (χ2v) is 4.39. The third-order valence-corrected chi connectivity index (χ3v) is 3.27. The van der Waals surface area contributed by atoms with Gasteiger partial charge in [-0.1, -0.05) is 0 Å². The number of fused-ring (bicyclic) bond motifs is 1. The molecule has 1 aromatic heterocycles. The molecule has 1 aliphatic carbocycles. The van der Waals surface area contributed by atoms with Gasteiger partial charge in [-0.3, -0.25) is 4.79 Å². The third kappa shape index (κ3) is 1.11. The molecule has 74 valence electrons. The van der Waals surface area contributed by atoms with Crippen molar-refractivity contribution in [2.24, 2.45) is 0 Å². The molecule has 14 heavy (non-hydrogen) atoms. The molecule has 1 fully saturated rings. The Bertz CT molecular complexity index is 402. The van der Waals surface area contributed by atoms with E-state index in [1.54, 1.807) is 0 Å². The summed E-state index contributed by atoms with van der Waals surface area (Å²) >= 11 is 0. The molecule has 1 saturated carbocycles. The highest BCUT2D eigenvalue weighted by molar-refractivity contribution is 5.81. The molecule has 3 rings (SSSR count). The number of hydrogen-bond donors (Lipinski definition) is 0. The summed E-state index contributed by atoms with van der Waals surface area (Å²) in [6.45, 7) is 2.99. The van der Waals surface area contributed by atoms with Crippen molar-refractivity contribution in [3.8, 4) is 0 Å². The quantitative estimate of drug-likeness (QED) is 0.674. The van der Waals surface area contributed by atoms with Crippen LogP contribution in [0.1, 0.15) is 42.4 Å². The number of imidazole rings is 1. The summed E-state index contributed by atoms with van der Waals surface area (Å²) < 4.78 is 2.23. The largest absolute Gasteiger partial charge is 0.331 e. The average Bonchev–Trinajstić information content (AvgIpc) is 2.93. The predicted octanol–water partition coefficient (Wildman–Crippen LogP) is 1.58. The molecule has 0 unspecified atom stereocenters. The Kier molecular flexibility index (Phi) is 1.58. The molecule has 0 bridgehead atoms. The van der Waals surface area contributed by atoms with Gasteiger partial charge < -0.3 is 4.57 Å². The fraction of sp³-hybridized carbons (Fsp3) is 0.636. The van der Waals surface area contributed by atoms with Crippen LogP contribution in [-0.4, -0.2) is 15.3 Å². The van der Waals surface area contributed by atoms with Gasteiger partial charge in [0.25, 0.3) is 0 Å². The van der Waals surface area contributed by atoms with Crippen LogP contribution in [0.2, 0.25) is 0 Å². The number of ketones is 1.